The molecule has 0 amide bonds. The van der Waals surface area contributed by atoms with Crippen LogP contribution in [-0.4, -0.2) is 97.8 Å². The van der Waals surface area contributed by atoms with Gasteiger partial charge in [-0.1, -0.05) is 30.3 Å². The first-order chi connectivity index (χ1) is 17.2. The summed E-state index contributed by atoms with van der Waals surface area (Å²) in [5, 5.41) is 5.01. The third-order valence-electron chi connectivity index (χ3n) is 6.47. The monoisotopic (exact) mass is 490 g/mol. The van der Waals surface area contributed by atoms with Gasteiger partial charge in [0, 0.05) is 24.8 Å². The highest BCUT2D eigenvalue weighted by molar-refractivity contribution is 5.63. The standard InChI is InChI=1S/C30H46N6/c1-25-22-36(29-15-9-13-27(21-29)24-35(7)19-11-17-33(4)5)31-30(25)28-14-8-12-26(20-28)23-34(6)18-10-16-32(2)3/h8-9,12-15,20-22H,10-11,16-19,23-24H2,1-7H3. The van der Waals surface area contributed by atoms with Gasteiger partial charge in [-0.3, -0.25) is 0 Å². The largest absolute Gasteiger partial charge is 0.309 e. The molecule has 0 aliphatic rings. The Kier molecular flexibility index (Phi) is 10.7. The lowest BCUT2D eigenvalue weighted by molar-refractivity contribution is 0.294. The van der Waals surface area contributed by atoms with E-state index in [0.29, 0.717) is 0 Å². The van der Waals surface area contributed by atoms with E-state index in [4.69, 9.17) is 5.10 Å². The summed E-state index contributed by atoms with van der Waals surface area (Å²) in [6.07, 6.45) is 4.50. The lowest BCUT2D eigenvalue weighted by Gasteiger charge is -2.18. The van der Waals surface area contributed by atoms with Crippen LogP contribution in [0.4, 0.5) is 0 Å². The second-order valence-corrected chi connectivity index (χ2v) is 10.8. The molecule has 0 N–H and O–H groups in total. The molecule has 196 valence electrons. The van der Waals surface area contributed by atoms with E-state index >= 15 is 0 Å². The molecular formula is C30H46N6. The van der Waals surface area contributed by atoms with Crippen LogP contribution >= 0.6 is 0 Å². The fourth-order valence-corrected chi connectivity index (χ4v) is 4.59. The molecule has 1 aromatic heterocycles. The molecule has 0 radical (unpaired) electrons. The smallest absolute Gasteiger partial charge is 0.0956 e. The zero-order valence-corrected chi connectivity index (χ0v) is 23.5. The number of rotatable bonds is 14. The molecule has 0 bridgehead atoms. The van der Waals surface area contributed by atoms with Gasteiger partial charge in [-0.25, -0.2) is 4.68 Å². The quantitative estimate of drug-likeness (QED) is 0.329. The number of aromatic nitrogens is 2. The van der Waals surface area contributed by atoms with Crippen molar-refractivity contribution in [3.63, 3.8) is 0 Å². The molecule has 0 fully saturated rings. The van der Waals surface area contributed by atoms with E-state index < -0.39 is 0 Å². The first-order valence-electron chi connectivity index (χ1n) is 13.1. The molecule has 0 unspecified atom stereocenters. The second kappa shape index (κ2) is 13.7. The molecule has 3 aromatic rings. The van der Waals surface area contributed by atoms with E-state index in [0.717, 1.165) is 50.6 Å². The fourth-order valence-electron chi connectivity index (χ4n) is 4.59. The molecule has 3 rings (SSSR count). The number of nitrogens with zero attached hydrogens (tertiary/aromatic N) is 6. The summed E-state index contributed by atoms with van der Waals surface area (Å²) >= 11 is 0. The molecule has 6 nitrogen and oxygen atoms in total. The summed E-state index contributed by atoms with van der Waals surface area (Å²) in [6.45, 7) is 8.47. The Hall–Kier alpha value is -2.51. The molecule has 0 atom stereocenters. The summed E-state index contributed by atoms with van der Waals surface area (Å²) in [7, 11) is 12.9. The minimum absolute atomic E-state index is 0.943. The van der Waals surface area contributed by atoms with Crippen molar-refractivity contribution in [3.05, 3.63) is 71.4 Å². The van der Waals surface area contributed by atoms with Gasteiger partial charge in [0.25, 0.3) is 0 Å². The van der Waals surface area contributed by atoms with E-state index in [9.17, 15) is 0 Å². The van der Waals surface area contributed by atoms with Gasteiger partial charge in [0.15, 0.2) is 0 Å². The Labute approximate surface area is 219 Å². The Morgan fingerprint density at radius 3 is 1.83 bits per heavy atom. The van der Waals surface area contributed by atoms with Crippen LogP contribution in [0.25, 0.3) is 16.9 Å². The van der Waals surface area contributed by atoms with Crippen molar-refractivity contribution < 1.29 is 0 Å². The maximum atomic E-state index is 5.01. The molecule has 1 heterocycles. The van der Waals surface area contributed by atoms with Gasteiger partial charge in [0.2, 0.25) is 0 Å². The van der Waals surface area contributed by atoms with Crippen LogP contribution in [0.1, 0.15) is 29.5 Å². The van der Waals surface area contributed by atoms with Crippen LogP contribution in [0.3, 0.4) is 0 Å². The Morgan fingerprint density at radius 2 is 1.25 bits per heavy atom. The highest BCUT2D eigenvalue weighted by Crippen LogP contribution is 2.25. The Bertz CT molecular complexity index is 1070. The van der Waals surface area contributed by atoms with Crippen molar-refractivity contribution in [2.45, 2.75) is 32.9 Å². The van der Waals surface area contributed by atoms with Crippen molar-refractivity contribution in [1.29, 1.82) is 0 Å². The third-order valence-corrected chi connectivity index (χ3v) is 6.47. The number of benzene rings is 2. The lowest BCUT2D eigenvalue weighted by atomic mass is 10.1. The van der Waals surface area contributed by atoms with E-state index in [-0.39, 0.29) is 0 Å². The van der Waals surface area contributed by atoms with Crippen molar-refractivity contribution in [3.8, 4) is 16.9 Å². The molecule has 36 heavy (non-hydrogen) atoms. The van der Waals surface area contributed by atoms with Gasteiger partial charge in [0.05, 0.1) is 11.4 Å². The van der Waals surface area contributed by atoms with Crippen molar-refractivity contribution in [2.75, 3.05) is 68.5 Å². The predicted molar refractivity (Wildman–Crippen MR) is 153 cm³/mol. The number of hydrogen-bond acceptors (Lipinski definition) is 5. The molecule has 0 aliphatic carbocycles. The Morgan fingerprint density at radius 1 is 0.694 bits per heavy atom. The average molecular weight is 491 g/mol. The Balaban J connectivity index is 1.68. The summed E-state index contributed by atoms with van der Waals surface area (Å²) in [4.78, 5) is 9.28. The first-order valence-corrected chi connectivity index (χ1v) is 13.1. The maximum absolute atomic E-state index is 5.01. The van der Waals surface area contributed by atoms with Gasteiger partial charge in [-0.15, -0.1) is 0 Å². The summed E-state index contributed by atoms with van der Waals surface area (Å²) in [6, 6.07) is 17.6. The minimum atomic E-state index is 0.943. The zero-order valence-electron chi connectivity index (χ0n) is 23.5. The predicted octanol–water partition coefficient (Wildman–Crippen LogP) is 4.61. The molecule has 2 aromatic carbocycles. The van der Waals surface area contributed by atoms with Crippen LogP contribution in [0, 0.1) is 6.92 Å². The van der Waals surface area contributed by atoms with Gasteiger partial charge in [0.1, 0.15) is 0 Å². The number of hydrogen-bond donors (Lipinski definition) is 0. The average Bonchev–Trinajstić information content (AvgIpc) is 3.20. The van der Waals surface area contributed by atoms with E-state index in [2.05, 4.69) is 124 Å². The molecule has 6 heteroatoms. The normalized spacial score (nSPS) is 12.0. The van der Waals surface area contributed by atoms with Crippen molar-refractivity contribution >= 4 is 0 Å². The summed E-state index contributed by atoms with van der Waals surface area (Å²) < 4.78 is 2.03. The van der Waals surface area contributed by atoms with Gasteiger partial charge in [-0.05, 0) is 123 Å². The highest BCUT2D eigenvalue weighted by Gasteiger charge is 2.11. The topological polar surface area (TPSA) is 30.8 Å². The highest BCUT2D eigenvalue weighted by atomic mass is 15.3. The maximum Gasteiger partial charge on any atom is 0.0956 e. The van der Waals surface area contributed by atoms with Crippen LogP contribution in [0.5, 0.6) is 0 Å². The summed E-state index contributed by atoms with van der Waals surface area (Å²) in [5.41, 5.74) is 7.18. The molecule has 0 aliphatic heterocycles. The minimum Gasteiger partial charge on any atom is -0.309 e. The SMILES string of the molecule is Cc1cn(-c2cccc(CN(C)CCCN(C)C)c2)nc1-c1cccc(CN(C)CCCN(C)C)c1. The van der Waals surface area contributed by atoms with Crippen molar-refractivity contribution in [2.24, 2.45) is 0 Å². The summed E-state index contributed by atoms with van der Waals surface area (Å²) in [5.74, 6) is 0. The van der Waals surface area contributed by atoms with Gasteiger partial charge < -0.3 is 19.6 Å². The molecule has 0 saturated heterocycles. The van der Waals surface area contributed by atoms with Gasteiger partial charge >= 0.3 is 0 Å². The third kappa shape index (κ3) is 8.86. The lowest BCUT2D eigenvalue weighted by Crippen LogP contribution is -2.23. The fraction of sp³-hybridized carbons (Fsp3) is 0.500. The van der Waals surface area contributed by atoms with E-state index in [1.807, 2.05) is 4.68 Å². The first kappa shape index (κ1) is 28.1. The van der Waals surface area contributed by atoms with Crippen LogP contribution in [0.2, 0.25) is 0 Å². The van der Waals surface area contributed by atoms with Crippen LogP contribution < -0.4 is 0 Å². The second-order valence-electron chi connectivity index (χ2n) is 10.8. The molecule has 0 spiro atoms. The molecular weight excluding hydrogens is 444 g/mol. The zero-order chi connectivity index (χ0) is 26.1. The van der Waals surface area contributed by atoms with Gasteiger partial charge in [-0.2, -0.15) is 5.10 Å². The van der Waals surface area contributed by atoms with E-state index in [1.54, 1.807) is 0 Å². The molecule has 0 saturated carbocycles. The number of aryl methyl sites for hydroxylation is 1. The van der Waals surface area contributed by atoms with E-state index in [1.165, 1.54) is 35.1 Å². The van der Waals surface area contributed by atoms with Crippen molar-refractivity contribution in [1.82, 2.24) is 29.4 Å². The van der Waals surface area contributed by atoms with Crippen LogP contribution in [0.15, 0.2) is 54.7 Å². The van der Waals surface area contributed by atoms with Crippen LogP contribution in [-0.2, 0) is 13.1 Å².